The van der Waals surface area contributed by atoms with Gasteiger partial charge in [0.25, 0.3) is 11.6 Å². The van der Waals surface area contributed by atoms with Crippen LogP contribution in [0.1, 0.15) is 15.9 Å². The van der Waals surface area contributed by atoms with Crippen molar-refractivity contribution in [3.05, 3.63) is 76.0 Å². The maximum atomic E-state index is 11.8. The van der Waals surface area contributed by atoms with Crippen molar-refractivity contribution in [1.82, 2.24) is 5.32 Å². The average Bonchev–Trinajstić information content (AvgIpc) is 2.49. The van der Waals surface area contributed by atoms with Crippen LogP contribution in [0.25, 0.3) is 6.08 Å². The lowest BCUT2D eigenvalue weighted by Crippen LogP contribution is -2.16. The molecule has 0 aromatic heterocycles. The fraction of sp³-hybridized carbons (Fsp3) is 0. The van der Waals surface area contributed by atoms with Gasteiger partial charge < -0.3 is 10.4 Å². The van der Waals surface area contributed by atoms with E-state index < -0.39 is 10.8 Å². The van der Waals surface area contributed by atoms with Gasteiger partial charge in [-0.05, 0) is 24.3 Å². The van der Waals surface area contributed by atoms with Gasteiger partial charge in [-0.2, -0.15) is 0 Å². The van der Waals surface area contributed by atoms with Crippen LogP contribution in [-0.2, 0) is 0 Å². The van der Waals surface area contributed by atoms with E-state index in [1.165, 1.54) is 36.5 Å². The Bertz CT molecular complexity index is 693. The Balaban J connectivity index is 2.02. The quantitative estimate of drug-likeness (QED) is 0.667. The van der Waals surface area contributed by atoms with E-state index in [9.17, 15) is 20.0 Å². The summed E-state index contributed by atoms with van der Waals surface area (Å²) in [6, 6.07) is 12.0. The maximum absolute atomic E-state index is 11.8. The van der Waals surface area contributed by atoms with Crippen LogP contribution in [0.2, 0.25) is 0 Å². The highest BCUT2D eigenvalue weighted by molar-refractivity contribution is 5.95. The molecule has 6 nitrogen and oxygen atoms in total. The van der Waals surface area contributed by atoms with E-state index in [0.717, 1.165) is 0 Å². The van der Waals surface area contributed by atoms with Crippen molar-refractivity contribution in [2.45, 2.75) is 0 Å². The average molecular weight is 284 g/mol. The number of rotatable bonds is 4. The molecule has 0 aliphatic carbocycles. The number of phenols is 1. The lowest BCUT2D eigenvalue weighted by molar-refractivity contribution is -0.384. The van der Waals surface area contributed by atoms with E-state index in [1.807, 2.05) is 0 Å². The third-order valence-electron chi connectivity index (χ3n) is 2.75. The van der Waals surface area contributed by atoms with E-state index in [1.54, 1.807) is 24.3 Å². The Morgan fingerprint density at radius 3 is 2.43 bits per heavy atom. The highest BCUT2D eigenvalue weighted by Crippen LogP contribution is 2.16. The molecule has 0 atom stereocenters. The van der Waals surface area contributed by atoms with Gasteiger partial charge in [0.05, 0.1) is 4.92 Å². The Morgan fingerprint density at radius 2 is 1.81 bits per heavy atom. The highest BCUT2D eigenvalue weighted by atomic mass is 16.6. The maximum Gasteiger partial charge on any atom is 0.269 e. The zero-order valence-corrected chi connectivity index (χ0v) is 10.9. The lowest BCUT2D eigenvalue weighted by atomic mass is 10.2. The third kappa shape index (κ3) is 3.66. The second-order valence-corrected chi connectivity index (χ2v) is 4.17. The number of carbonyl (C=O) groups excluding carboxylic acids is 1. The van der Waals surface area contributed by atoms with Crippen LogP contribution in [0.3, 0.4) is 0 Å². The van der Waals surface area contributed by atoms with Crippen molar-refractivity contribution < 1.29 is 14.8 Å². The van der Waals surface area contributed by atoms with E-state index in [2.05, 4.69) is 5.32 Å². The molecule has 0 saturated heterocycles. The van der Waals surface area contributed by atoms with E-state index in [4.69, 9.17) is 0 Å². The summed E-state index contributed by atoms with van der Waals surface area (Å²) in [5.74, 6) is -0.282. The van der Waals surface area contributed by atoms with E-state index in [0.29, 0.717) is 11.1 Å². The Morgan fingerprint density at radius 1 is 1.14 bits per heavy atom. The van der Waals surface area contributed by atoms with Crippen LogP contribution in [0, 0.1) is 10.1 Å². The first-order valence-corrected chi connectivity index (χ1v) is 6.08. The number of nitro groups is 1. The van der Waals surface area contributed by atoms with Gasteiger partial charge in [0, 0.05) is 29.5 Å². The Hall–Kier alpha value is -3.15. The van der Waals surface area contributed by atoms with Gasteiger partial charge in [-0.15, -0.1) is 0 Å². The van der Waals surface area contributed by atoms with Gasteiger partial charge in [-0.25, -0.2) is 0 Å². The Labute approximate surface area is 120 Å². The monoisotopic (exact) mass is 284 g/mol. The molecule has 21 heavy (non-hydrogen) atoms. The number of phenolic OH excluding ortho intramolecular Hbond substituents is 1. The zero-order valence-electron chi connectivity index (χ0n) is 10.9. The van der Waals surface area contributed by atoms with Crippen LogP contribution < -0.4 is 5.32 Å². The molecule has 0 aliphatic heterocycles. The number of amides is 1. The number of aromatic hydroxyl groups is 1. The normalized spacial score (nSPS) is 10.5. The number of hydrogen-bond acceptors (Lipinski definition) is 4. The summed E-state index contributed by atoms with van der Waals surface area (Å²) in [5, 5.41) is 22.6. The predicted molar refractivity (Wildman–Crippen MR) is 77.7 cm³/mol. The molecule has 0 spiro atoms. The molecular formula is C15H12N2O4. The second kappa shape index (κ2) is 6.33. The minimum absolute atomic E-state index is 0.0729. The molecule has 0 radical (unpaired) electrons. The number of nitrogens with one attached hydrogen (secondary N) is 1. The summed E-state index contributed by atoms with van der Waals surface area (Å²) in [6.45, 7) is 0. The number of para-hydroxylation sites is 1. The third-order valence-corrected chi connectivity index (χ3v) is 2.75. The highest BCUT2D eigenvalue weighted by Gasteiger charge is 2.08. The number of nitrogens with zero attached hydrogens (tertiary/aromatic N) is 1. The zero-order chi connectivity index (χ0) is 15.2. The second-order valence-electron chi connectivity index (χ2n) is 4.17. The number of non-ortho nitro benzene ring substituents is 1. The van der Waals surface area contributed by atoms with Crippen LogP contribution >= 0.6 is 0 Å². The van der Waals surface area contributed by atoms with E-state index in [-0.39, 0.29) is 11.4 Å². The molecule has 0 bridgehead atoms. The number of nitro benzene ring substituents is 1. The first-order valence-electron chi connectivity index (χ1n) is 6.08. The molecule has 0 saturated carbocycles. The fourth-order valence-corrected chi connectivity index (χ4v) is 1.65. The summed E-state index contributed by atoms with van der Waals surface area (Å²) in [7, 11) is 0. The summed E-state index contributed by atoms with van der Waals surface area (Å²) >= 11 is 0. The smallest absolute Gasteiger partial charge is 0.269 e. The van der Waals surface area contributed by atoms with Gasteiger partial charge in [-0.3, -0.25) is 14.9 Å². The summed E-state index contributed by atoms with van der Waals surface area (Å²) in [4.78, 5) is 21.8. The summed E-state index contributed by atoms with van der Waals surface area (Å²) in [6.07, 6.45) is 2.96. The van der Waals surface area contributed by atoms with Crippen molar-refractivity contribution in [2.24, 2.45) is 0 Å². The van der Waals surface area contributed by atoms with Crippen molar-refractivity contribution >= 4 is 17.7 Å². The fourth-order valence-electron chi connectivity index (χ4n) is 1.65. The van der Waals surface area contributed by atoms with Crippen LogP contribution in [0.15, 0.2) is 54.7 Å². The lowest BCUT2D eigenvalue weighted by Gasteiger charge is -2.01. The number of benzene rings is 2. The number of carbonyl (C=O) groups is 1. The van der Waals surface area contributed by atoms with Crippen LogP contribution in [0.5, 0.6) is 5.75 Å². The topological polar surface area (TPSA) is 92.5 Å². The molecule has 106 valence electrons. The first-order chi connectivity index (χ1) is 10.1. The Kier molecular flexibility index (Phi) is 4.30. The summed E-state index contributed by atoms with van der Waals surface area (Å²) < 4.78 is 0. The molecule has 2 aromatic carbocycles. The molecule has 0 aliphatic rings. The van der Waals surface area contributed by atoms with Gasteiger partial charge in [0.1, 0.15) is 5.75 Å². The van der Waals surface area contributed by atoms with Crippen molar-refractivity contribution in [1.29, 1.82) is 0 Å². The molecule has 6 heteroatoms. The molecule has 1 amide bonds. The molecule has 0 unspecified atom stereocenters. The summed E-state index contributed by atoms with van der Waals surface area (Å²) in [5.41, 5.74) is 0.806. The van der Waals surface area contributed by atoms with Crippen molar-refractivity contribution in [3.8, 4) is 5.75 Å². The first kappa shape index (κ1) is 14.3. The molecule has 2 aromatic rings. The van der Waals surface area contributed by atoms with Gasteiger partial charge in [0.15, 0.2) is 0 Å². The van der Waals surface area contributed by atoms with Crippen molar-refractivity contribution in [3.63, 3.8) is 0 Å². The molecular weight excluding hydrogens is 272 g/mol. The molecule has 0 heterocycles. The standard InChI is InChI=1S/C15H12N2O4/c18-14-4-2-1-3-11(14)9-10-16-15(19)12-5-7-13(8-6-12)17(20)21/h1-10,18H,(H,16,19)/b10-9+. The SMILES string of the molecule is O=C(N/C=C/c1ccccc1O)c1ccc([N+](=O)[O-])cc1. The van der Waals surface area contributed by atoms with Crippen LogP contribution in [0.4, 0.5) is 5.69 Å². The minimum atomic E-state index is -0.528. The van der Waals surface area contributed by atoms with E-state index >= 15 is 0 Å². The van der Waals surface area contributed by atoms with Crippen molar-refractivity contribution in [2.75, 3.05) is 0 Å². The largest absolute Gasteiger partial charge is 0.507 e. The minimum Gasteiger partial charge on any atom is -0.507 e. The number of hydrogen-bond donors (Lipinski definition) is 2. The van der Waals surface area contributed by atoms with Gasteiger partial charge in [-0.1, -0.05) is 18.2 Å². The molecule has 0 fully saturated rings. The molecule has 2 rings (SSSR count). The van der Waals surface area contributed by atoms with Gasteiger partial charge >= 0.3 is 0 Å². The van der Waals surface area contributed by atoms with Crippen LogP contribution in [-0.4, -0.2) is 15.9 Å². The van der Waals surface area contributed by atoms with Gasteiger partial charge in [0.2, 0.25) is 0 Å². The predicted octanol–water partition coefficient (Wildman–Crippen LogP) is 2.70. The molecule has 2 N–H and O–H groups in total.